The molecule has 0 spiro atoms. The first-order valence-electron chi connectivity index (χ1n) is 7.10. The van der Waals surface area contributed by atoms with Crippen molar-refractivity contribution in [3.8, 4) is 5.75 Å². The lowest BCUT2D eigenvalue weighted by molar-refractivity contribution is 0.227. The van der Waals surface area contributed by atoms with Gasteiger partial charge in [-0.05, 0) is 42.5 Å². The maximum atomic E-state index is 12.4. The summed E-state index contributed by atoms with van der Waals surface area (Å²) in [4.78, 5) is 0.295. The second-order valence-corrected chi connectivity index (χ2v) is 7.38. The van der Waals surface area contributed by atoms with Crippen LogP contribution in [0.2, 0.25) is 0 Å². The third kappa shape index (κ3) is 3.33. The summed E-state index contributed by atoms with van der Waals surface area (Å²) < 4.78 is 32.7. The number of rotatable bonds is 4. The lowest BCUT2D eigenvalue weighted by atomic mass is 9.78. The van der Waals surface area contributed by atoms with Gasteiger partial charge in [0.2, 0.25) is 10.0 Å². The van der Waals surface area contributed by atoms with Crippen LogP contribution in [0, 0.1) is 11.8 Å². The summed E-state index contributed by atoms with van der Waals surface area (Å²) in [5, 5.41) is 0. The third-order valence-corrected chi connectivity index (χ3v) is 5.89. The fourth-order valence-corrected chi connectivity index (χ4v) is 4.13. The molecular formula is C15H23NO3S. The molecule has 1 aromatic rings. The van der Waals surface area contributed by atoms with E-state index in [0.717, 1.165) is 12.8 Å². The highest BCUT2D eigenvalue weighted by molar-refractivity contribution is 7.89. The lowest BCUT2D eigenvalue weighted by Gasteiger charge is -2.34. The first kappa shape index (κ1) is 15.3. The van der Waals surface area contributed by atoms with Crippen molar-refractivity contribution in [2.24, 2.45) is 11.8 Å². The zero-order chi connectivity index (χ0) is 14.8. The Morgan fingerprint density at radius 2 is 1.80 bits per heavy atom. The Balaban J connectivity index is 2.13. The van der Waals surface area contributed by atoms with Crippen molar-refractivity contribution >= 4 is 10.0 Å². The van der Waals surface area contributed by atoms with Crippen LogP contribution in [0.15, 0.2) is 29.2 Å². The van der Waals surface area contributed by atoms with Gasteiger partial charge in [-0.2, -0.15) is 0 Å². The van der Waals surface area contributed by atoms with E-state index in [4.69, 9.17) is 4.74 Å². The molecule has 0 amide bonds. The van der Waals surface area contributed by atoms with E-state index in [1.807, 2.05) is 0 Å². The van der Waals surface area contributed by atoms with Crippen molar-refractivity contribution < 1.29 is 13.2 Å². The molecule has 0 saturated heterocycles. The molecule has 112 valence electrons. The van der Waals surface area contributed by atoms with Crippen LogP contribution < -0.4 is 9.46 Å². The zero-order valence-electron chi connectivity index (χ0n) is 12.3. The molecule has 0 aromatic heterocycles. The molecule has 4 nitrogen and oxygen atoms in total. The molecule has 3 atom stereocenters. The fraction of sp³-hybridized carbons (Fsp3) is 0.600. The van der Waals surface area contributed by atoms with Crippen molar-refractivity contribution in [2.45, 2.75) is 44.0 Å². The molecule has 5 heteroatoms. The summed E-state index contributed by atoms with van der Waals surface area (Å²) in [7, 11) is -1.88. The molecule has 1 aliphatic rings. The van der Waals surface area contributed by atoms with Gasteiger partial charge in [0.05, 0.1) is 12.0 Å². The van der Waals surface area contributed by atoms with Crippen molar-refractivity contribution in [1.82, 2.24) is 4.72 Å². The molecule has 0 heterocycles. The van der Waals surface area contributed by atoms with Crippen LogP contribution >= 0.6 is 0 Å². The minimum absolute atomic E-state index is 0.0332. The highest BCUT2D eigenvalue weighted by Gasteiger charge is 2.30. The average Bonchev–Trinajstić information content (AvgIpc) is 2.44. The van der Waals surface area contributed by atoms with E-state index in [0.29, 0.717) is 22.5 Å². The maximum absolute atomic E-state index is 12.4. The molecule has 0 aliphatic heterocycles. The van der Waals surface area contributed by atoms with E-state index >= 15 is 0 Å². The second-order valence-electron chi connectivity index (χ2n) is 5.67. The number of hydrogen-bond acceptors (Lipinski definition) is 3. The number of methoxy groups -OCH3 is 1. The molecule has 1 N–H and O–H groups in total. The van der Waals surface area contributed by atoms with Crippen molar-refractivity contribution in [3.63, 3.8) is 0 Å². The first-order chi connectivity index (χ1) is 9.44. The highest BCUT2D eigenvalue weighted by atomic mass is 32.2. The molecule has 1 fully saturated rings. The van der Waals surface area contributed by atoms with Gasteiger partial charge in [0.15, 0.2) is 0 Å². The van der Waals surface area contributed by atoms with E-state index in [-0.39, 0.29) is 6.04 Å². The largest absolute Gasteiger partial charge is 0.497 e. The summed E-state index contributed by atoms with van der Waals surface area (Å²) in [6.07, 6.45) is 3.18. The summed E-state index contributed by atoms with van der Waals surface area (Å²) >= 11 is 0. The molecule has 0 bridgehead atoms. The van der Waals surface area contributed by atoms with Gasteiger partial charge in [-0.25, -0.2) is 13.1 Å². The molecule has 2 rings (SSSR count). The van der Waals surface area contributed by atoms with Crippen molar-refractivity contribution in [3.05, 3.63) is 24.3 Å². The van der Waals surface area contributed by atoms with E-state index in [1.54, 1.807) is 31.4 Å². The van der Waals surface area contributed by atoms with Crippen LogP contribution in [0.25, 0.3) is 0 Å². The summed E-state index contributed by atoms with van der Waals surface area (Å²) in [6.45, 7) is 4.32. The Morgan fingerprint density at radius 3 is 2.40 bits per heavy atom. The average molecular weight is 297 g/mol. The summed E-state index contributed by atoms with van der Waals surface area (Å²) in [5.41, 5.74) is 0. The number of ether oxygens (including phenoxy) is 1. The third-order valence-electron chi connectivity index (χ3n) is 4.38. The van der Waals surface area contributed by atoms with Gasteiger partial charge in [-0.3, -0.25) is 0 Å². The van der Waals surface area contributed by atoms with E-state index < -0.39 is 10.0 Å². The predicted octanol–water partition coefficient (Wildman–Crippen LogP) is 2.80. The Hall–Kier alpha value is -1.07. The van der Waals surface area contributed by atoms with Gasteiger partial charge in [0.1, 0.15) is 5.75 Å². The molecule has 20 heavy (non-hydrogen) atoms. The van der Waals surface area contributed by atoms with Crippen LogP contribution in [-0.4, -0.2) is 21.6 Å². The van der Waals surface area contributed by atoms with Gasteiger partial charge in [-0.15, -0.1) is 0 Å². The summed E-state index contributed by atoms with van der Waals surface area (Å²) in [6, 6.07) is 6.53. The topological polar surface area (TPSA) is 55.4 Å². The fourth-order valence-electron chi connectivity index (χ4n) is 2.77. The van der Waals surface area contributed by atoms with Crippen LogP contribution in [0.5, 0.6) is 5.75 Å². The number of hydrogen-bond donors (Lipinski definition) is 1. The van der Waals surface area contributed by atoms with Crippen LogP contribution in [0.3, 0.4) is 0 Å². The normalized spacial score (nSPS) is 27.2. The SMILES string of the molecule is COc1ccc(S(=O)(=O)N[C@@H]2CCC[C@H](C)[C@H]2C)cc1. The first-order valence-corrected chi connectivity index (χ1v) is 8.59. The molecule has 1 saturated carbocycles. The Labute approximate surface area is 121 Å². The molecule has 1 aromatic carbocycles. The Morgan fingerprint density at radius 1 is 1.15 bits per heavy atom. The minimum Gasteiger partial charge on any atom is -0.497 e. The number of sulfonamides is 1. The molecular weight excluding hydrogens is 274 g/mol. The smallest absolute Gasteiger partial charge is 0.240 e. The number of nitrogens with one attached hydrogen (secondary N) is 1. The monoisotopic (exact) mass is 297 g/mol. The predicted molar refractivity (Wildman–Crippen MR) is 79.3 cm³/mol. The van der Waals surface area contributed by atoms with Crippen molar-refractivity contribution in [1.29, 1.82) is 0 Å². The van der Waals surface area contributed by atoms with Crippen molar-refractivity contribution in [2.75, 3.05) is 7.11 Å². The second kappa shape index (κ2) is 6.14. The number of benzene rings is 1. The van der Waals surface area contributed by atoms with E-state index in [2.05, 4.69) is 18.6 Å². The maximum Gasteiger partial charge on any atom is 0.240 e. The standard InChI is InChI=1S/C15H23NO3S/c1-11-5-4-6-15(12(11)2)16-20(17,18)14-9-7-13(19-3)8-10-14/h7-12,15-16H,4-6H2,1-3H3/t11-,12+,15+/m0/s1. The Kier molecular flexibility index (Phi) is 4.70. The Bertz CT molecular complexity index is 539. The zero-order valence-corrected chi connectivity index (χ0v) is 13.1. The van der Waals surface area contributed by atoms with Gasteiger partial charge >= 0.3 is 0 Å². The van der Waals surface area contributed by atoms with E-state index in [9.17, 15) is 8.42 Å². The summed E-state index contributed by atoms with van der Waals surface area (Å²) in [5.74, 6) is 1.59. The lowest BCUT2D eigenvalue weighted by Crippen LogP contribution is -2.43. The minimum atomic E-state index is -3.45. The molecule has 0 radical (unpaired) electrons. The van der Waals surface area contributed by atoms with Gasteiger partial charge in [0.25, 0.3) is 0 Å². The van der Waals surface area contributed by atoms with Gasteiger partial charge < -0.3 is 4.74 Å². The van der Waals surface area contributed by atoms with Crippen LogP contribution in [0.1, 0.15) is 33.1 Å². The van der Waals surface area contributed by atoms with Gasteiger partial charge in [0, 0.05) is 6.04 Å². The van der Waals surface area contributed by atoms with Gasteiger partial charge in [-0.1, -0.05) is 26.7 Å². The molecule has 1 aliphatic carbocycles. The van der Waals surface area contributed by atoms with Crippen LogP contribution in [0.4, 0.5) is 0 Å². The molecule has 0 unspecified atom stereocenters. The highest BCUT2D eigenvalue weighted by Crippen LogP contribution is 2.30. The van der Waals surface area contributed by atoms with Crippen LogP contribution in [-0.2, 0) is 10.0 Å². The quantitative estimate of drug-likeness (QED) is 0.929. The van der Waals surface area contributed by atoms with E-state index in [1.165, 1.54) is 6.42 Å².